The number of sulfonamides is 1. The van der Waals surface area contributed by atoms with Crippen molar-refractivity contribution in [2.24, 2.45) is 0 Å². The molecule has 0 bridgehead atoms. The summed E-state index contributed by atoms with van der Waals surface area (Å²) < 4.78 is 49.4. The van der Waals surface area contributed by atoms with E-state index in [4.69, 9.17) is 21.1 Å². The Morgan fingerprint density at radius 2 is 2.00 bits per heavy atom. The molecule has 0 fully saturated rings. The first kappa shape index (κ1) is 20.9. The van der Waals surface area contributed by atoms with Crippen molar-refractivity contribution < 1.29 is 27.1 Å². The highest BCUT2D eigenvalue weighted by Gasteiger charge is 2.17. The zero-order chi connectivity index (χ0) is 20.0. The molecule has 2 aromatic rings. The molecule has 0 radical (unpaired) electrons. The molecule has 0 amide bonds. The SMILES string of the molecule is CNS(=O)(=O)c1cc(/C=C/C(=O)OCc2ccc(F)cc2Cl)ccc1OC. The molecule has 0 aliphatic carbocycles. The van der Waals surface area contributed by atoms with E-state index >= 15 is 0 Å². The number of halogens is 2. The van der Waals surface area contributed by atoms with E-state index in [2.05, 4.69) is 4.72 Å². The van der Waals surface area contributed by atoms with Gasteiger partial charge in [-0.2, -0.15) is 0 Å². The van der Waals surface area contributed by atoms with Gasteiger partial charge in [0, 0.05) is 11.6 Å². The molecule has 0 saturated carbocycles. The van der Waals surface area contributed by atoms with Gasteiger partial charge in [-0.3, -0.25) is 0 Å². The van der Waals surface area contributed by atoms with Crippen molar-refractivity contribution in [3.05, 3.63) is 64.4 Å². The van der Waals surface area contributed by atoms with Crippen molar-refractivity contribution in [1.29, 1.82) is 0 Å². The summed E-state index contributed by atoms with van der Waals surface area (Å²) in [6.07, 6.45) is 2.55. The van der Waals surface area contributed by atoms with Crippen molar-refractivity contribution in [2.45, 2.75) is 11.5 Å². The molecule has 9 heteroatoms. The highest BCUT2D eigenvalue weighted by molar-refractivity contribution is 7.89. The number of methoxy groups -OCH3 is 1. The molecular weight excluding hydrogens is 397 g/mol. The molecule has 2 aromatic carbocycles. The maximum absolute atomic E-state index is 13.0. The van der Waals surface area contributed by atoms with Crippen LogP contribution in [0.3, 0.4) is 0 Å². The number of hydrogen-bond donors (Lipinski definition) is 1. The van der Waals surface area contributed by atoms with E-state index in [1.807, 2.05) is 0 Å². The molecule has 0 spiro atoms. The second-order valence-corrected chi connectivity index (χ2v) is 7.56. The summed E-state index contributed by atoms with van der Waals surface area (Å²) in [6.45, 7) is -0.121. The Morgan fingerprint density at radius 3 is 2.63 bits per heavy atom. The summed E-state index contributed by atoms with van der Waals surface area (Å²) in [5.74, 6) is -0.971. The van der Waals surface area contributed by atoms with E-state index in [0.29, 0.717) is 11.1 Å². The number of esters is 1. The van der Waals surface area contributed by atoms with Gasteiger partial charge in [0.1, 0.15) is 23.1 Å². The van der Waals surface area contributed by atoms with Gasteiger partial charge in [-0.05, 0) is 43.0 Å². The summed E-state index contributed by atoms with van der Waals surface area (Å²) in [5, 5.41) is 0.156. The molecule has 0 aromatic heterocycles. The Morgan fingerprint density at radius 1 is 1.26 bits per heavy atom. The molecule has 0 atom stereocenters. The summed E-state index contributed by atoms with van der Waals surface area (Å²) in [6, 6.07) is 8.20. The summed E-state index contributed by atoms with van der Waals surface area (Å²) in [7, 11) is -1.08. The largest absolute Gasteiger partial charge is 0.495 e. The third-order valence-electron chi connectivity index (χ3n) is 3.54. The highest BCUT2D eigenvalue weighted by atomic mass is 35.5. The van der Waals surface area contributed by atoms with Gasteiger partial charge in [-0.1, -0.05) is 23.7 Å². The highest BCUT2D eigenvalue weighted by Crippen LogP contribution is 2.25. The maximum atomic E-state index is 13.0. The number of benzene rings is 2. The van der Waals surface area contributed by atoms with Crippen molar-refractivity contribution in [3.63, 3.8) is 0 Å². The van der Waals surface area contributed by atoms with E-state index in [-0.39, 0.29) is 22.3 Å². The van der Waals surface area contributed by atoms with Crippen LogP contribution < -0.4 is 9.46 Å². The van der Waals surface area contributed by atoms with Crippen LogP contribution in [-0.2, 0) is 26.2 Å². The molecule has 0 aliphatic rings. The lowest BCUT2D eigenvalue weighted by Crippen LogP contribution is -2.19. The Kier molecular flexibility index (Phi) is 6.95. The predicted molar refractivity (Wildman–Crippen MR) is 99.5 cm³/mol. The van der Waals surface area contributed by atoms with Gasteiger partial charge in [0.2, 0.25) is 10.0 Å². The van der Waals surface area contributed by atoms with E-state index in [9.17, 15) is 17.6 Å². The Balaban J connectivity index is 2.10. The van der Waals surface area contributed by atoms with Crippen molar-refractivity contribution in [1.82, 2.24) is 4.72 Å². The molecule has 2 rings (SSSR count). The third-order valence-corrected chi connectivity index (χ3v) is 5.33. The number of ether oxygens (including phenoxy) is 2. The zero-order valence-electron chi connectivity index (χ0n) is 14.5. The minimum atomic E-state index is -3.73. The van der Waals surface area contributed by atoms with Crippen molar-refractivity contribution in [2.75, 3.05) is 14.2 Å². The van der Waals surface area contributed by atoms with Gasteiger partial charge in [-0.15, -0.1) is 0 Å². The molecule has 0 unspecified atom stereocenters. The van der Waals surface area contributed by atoms with Gasteiger partial charge in [0.25, 0.3) is 0 Å². The van der Waals surface area contributed by atoms with Crippen LogP contribution in [0.1, 0.15) is 11.1 Å². The van der Waals surface area contributed by atoms with E-state index in [0.717, 1.165) is 12.1 Å². The van der Waals surface area contributed by atoms with Gasteiger partial charge >= 0.3 is 5.97 Å². The lowest BCUT2D eigenvalue weighted by atomic mass is 10.2. The number of nitrogens with one attached hydrogen (secondary N) is 1. The summed E-state index contributed by atoms with van der Waals surface area (Å²) >= 11 is 5.86. The maximum Gasteiger partial charge on any atom is 0.331 e. The molecule has 0 heterocycles. The first-order valence-electron chi connectivity index (χ1n) is 7.67. The van der Waals surface area contributed by atoms with Crippen LogP contribution in [0.5, 0.6) is 5.75 Å². The fraction of sp³-hybridized carbons (Fsp3) is 0.167. The van der Waals surface area contributed by atoms with E-state index < -0.39 is 21.8 Å². The second kappa shape index (κ2) is 8.98. The van der Waals surface area contributed by atoms with Gasteiger partial charge in [0.05, 0.1) is 12.1 Å². The Hall–Kier alpha value is -2.42. The zero-order valence-corrected chi connectivity index (χ0v) is 16.1. The molecule has 0 aliphatic heterocycles. The molecule has 27 heavy (non-hydrogen) atoms. The first-order chi connectivity index (χ1) is 12.8. The van der Waals surface area contributed by atoms with Crippen LogP contribution in [0.4, 0.5) is 4.39 Å². The van der Waals surface area contributed by atoms with Crippen LogP contribution in [-0.4, -0.2) is 28.5 Å². The van der Waals surface area contributed by atoms with Crippen molar-refractivity contribution >= 4 is 33.7 Å². The van der Waals surface area contributed by atoms with Crippen LogP contribution in [0.25, 0.3) is 6.08 Å². The molecule has 144 valence electrons. The fourth-order valence-corrected chi connectivity index (χ4v) is 3.27. The van der Waals surface area contributed by atoms with Gasteiger partial charge in [0.15, 0.2) is 0 Å². The average Bonchev–Trinajstić information content (AvgIpc) is 2.65. The Bertz CT molecular complexity index is 976. The Labute approximate surface area is 161 Å². The van der Waals surface area contributed by atoms with Gasteiger partial charge < -0.3 is 9.47 Å². The average molecular weight is 414 g/mol. The smallest absolute Gasteiger partial charge is 0.331 e. The second-order valence-electron chi connectivity index (χ2n) is 5.29. The van der Waals surface area contributed by atoms with Crippen LogP contribution in [0.2, 0.25) is 5.02 Å². The first-order valence-corrected chi connectivity index (χ1v) is 9.53. The number of rotatable bonds is 7. The van der Waals surface area contributed by atoms with Crippen LogP contribution in [0.15, 0.2) is 47.4 Å². The monoisotopic (exact) mass is 413 g/mol. The molecule has 1 N–H and O–H groups in total. The fourth-order valence-electron chi connectivity index (χ4n) is 2.12. The summed E-state index contributed by atoms with van der Waals surface area (Å²) in [4.78, 5) is 11.8. The minimum Gasteiger partial charge on any atom is -0.495 e. The van der Waals surface area contributed by atoms with E-state index in [1.165, 1.54) is 44.5 Å². The number of hydrogen-bond acceptors (Lipinski definition) is 5. The number of carbonyl (C=O) groups excluding carboxylic acids is 1. The summed E-state index contributed by atoms with van der Waals surface area (Å²) in [5.41, 5.74) is 0.924. The minimum absolute atomic E-state index is 0.0545. The quantitative estimate of drug-likeness (QED) is 0.557. The predicted octanol–water partition coefficient (Wildman–Crippen LogP) is 3.15. The lowest BCUT2D eigenvalue weighted by Gasteiger charge is -2.09. The molecule has 6 nitrogen and oxygen atoms in total. The topological polar surface area (TPSA) is 81.7 Å². The molecular formula is C18H17ClFNO5S. The van der Waals surface area contributed by atoms with Gasteiger partial charge in [-0.25, -0.2) is 22.3 Å². The standard InChI is InChI=1S/C18H17ClFNO5S/c1-21-27(23,24)17-9-12(3-7-16(17)25-2)4-8-18(22)26-11-13-5-6-14(20)10-15(13)19/h3-10,21H,11H2,1-2H3/b8-4+. The van der Waals surface area contributed by atoms with Crippen LogP contribution >= 0.6 is 11.6 Å². The van der Waals surface area contributed by atoms with Crippen molar-refractivity contribution in [3.8, 4) is 5.75 Å². The number of carbonyl (C=O) groups is 1. The molecule has 0 saturated heterocycles. The normalized spacial score (nSPS) is 11.6. The van der Waals surface area contributed by atoms with Crippen LogP contribution in [0, 0.1) is 5.82 Å². The lowest BCUT2D eigenvalue weighted by molar-refractivity contribution is -0.138. The van der Waals surface area contributed by atoms with E-state index in [1.54, 1.807) is 6.07 Å². The third kappa shape index (κ3) is 5.53.